The molecule has 0 aromatic heterocycles. The predicted octanol–water partition coefficient (Wildman–Crippen LogP) is -0.369. The number of hydrogen-bond acceptors (Lipinski definition) is 6. The fourth-order valence-electron chi connectivity index (χ4n) is 0.849. The van der Waals surface area contributed by atoms with Crippen molar-refractivity contribution in [2.45, 2.75) is 12.1 Å². The minimum Gasteiger partial charge on any atom is -0.504 e. The zero-order chi connectivity index (χ0) is 16.7. The maximum absolute atomic E-state index is 11.4. The number of nitrogens with two attached hydrogens (primary N) is 1. The number of methoxy groups -OCH3 is 1. The van der Waals surface area contributed by atoms with Gasteiger partial charge in [0, 0.05) is 0 Å². The van der Waals surface area contributed by atoms with Crippen LogP contribution in [0, 0.1) is 0 Å². The Labute approximate surface area is 98.9 Å². The van der Waals surface area contributed by atoms with Gasteiger partial charge in [-0.3, -0.25) is 4.79 Å². The number of aliphatic hydroxyl groups is 1. The van der Waals surface area contributed by atoms with Gasteiger partial charge in [0.05, 0.1) is 14.0 Å². The highest BCUT2D eigenvalue weighted by molar-refractivity contribution is 5.76. The topological polar surface area (TPSA) is 113 Å². The van der Waals surface area contributed by atoms with E-state index in [0.717, 1.165) is 7.11 Å². The molecule has 0 amide bonds. The predicted molar refractivity (Wildman–Crippen MR) is 54.7 cm³/mol. The van der Waals surface area contributed by atoms with Crippen LogP contribution in [0.25, 0.3) is 0 Å². The van der Waals surface area contributed by atoms with E-state index in [0.29, 0.717) is 0 Å². The number of phenolic OH excluding ortho intramolecular Hbond substituents is 2. The Kier molecular flexibility index (Phi) is 2.03. The van der Waals surface area contributed by atoms with Crippen LogP contribution >= 0.6 is 0 Å². The molecule has 2 atom stereocenters. The normalized spacial score (nSPS) is 22.6. The lowest BCUT2D eigenvalue weighted by atomic mass is 10.0. The fraction of sp³-hybridized carbons (Fsp3) is 0.300. The van der Waals surface area contributed by atoms with E-state index < -0.39 is 53.3 Å². The molecule has 0 aliphatic rings. The largest absolute Gasteiger partial charge is 0.504 e. The summed E-state index contributed by atoms with van der Waals surface area (Å²) in [6.07, 6.45) is -3.38. The number of phenols is 2. The van der Waals surface area contributed by atoms with Crippen molar-refractivity contribution in [3.05, 3.63) is 23.7 Å². The first-order valence-electron chi connectivity index (χ1n) is 6.53. The molecule has 1 aromatic rings. The second-order valence-electron chi connectivity index (χ2n) is 2.70. The molecular weight excluding hydrogens is 214 g/mol. The second kappa shape index (κ2) is 4.82. The summed E-state index contributed by atoms with van der Waals surface area (Å²) >= 11 is 0. The van der Waals surface area contributed by atoms with Gasteiger partial charge in [0.15, 0.2) is 11.5 Å². The van der Waals surface area contributed by atoms with E-state index in [1.54, 1.807) is 0 Å². The SMILES string of the molecule is [2H]c1c([2H])c([C@]([2H])(O)[C@@]([2H])(N)C(=O)OC)c([2H])c(O)c1O. The average Bonchev–Trinajstić information content (AvgIpc) is 2.41. The van der Waals surface area contributed by atoms with Crippen LogP contribution in [0.15, 0.2) is 18.1 Å². The summed E-state index contributed by atoms with van der Waals surface area (Å²) < 4.78 is 41.8. The van der Waals surface area contributed by atoms with Crippen molar-refractivity contribution in [3.8, 4) is 11.5 Å². The Morgan fingerprint density at radius 2 is 2.19 bits per heavy atom. The van der Waals surface area contributed by atoms with Crippen LogP contribution in [0.4, 0.5) is 0 Å². The molecule has 0 aliphatic carbocycles. The molecule has 1 rings (SSSR count). The Morgan fingerprint density at radius 3 is 2.75 bits per heavy atom. The van der Waals surface area contributed by atoms with Gasteiger partial charge in [-0.25, -0.2) is 0 Å². The van der Waals surface area contributed by atoms with Crippen LogP contribution in [0.1, 0.15) is 18.5 Å². The van der Waals surface area contributed by atoms with Crippen LogP contribution < -0.4 is 5.73 Å². The van der Waals surface area contributed by atoms with Crippen molar-refractivity contribution in [3.63, 3.8) is 0 Å². The first-order valence-corrected chi connectivity index (χ1v) is 4.03. The monoisotopic (exact) mass is 232 g/mol. The lowest BCUT2D eigenvalue weighted by Crippen LogP contribution is -2.37. The minimum absolute atomic E-state index is 0.849. The summed E-state index contributed by atoms with van der Waals surface area (Å²) in [6.45, 7) is 0. The summed E-state index contributed by atoms with van der Waals surface area (Å²) in [7, 11) is 0.849. The second-order valence-corrected chi connectivity index (χ2v) is 2.70. The van der Waals surface area contributed by atoms with Crippen molar-refractivity contribution in [1.82, 2.24) is 0 Å². The molecule has 1 aromatic carbocycles. The molecule has 0 aliphatic heterocycles. The quantitative estimate of drug-likeness (QED) is 0.418. The average molecular weight is 232 g/mol. The number of rotatable bonds is 3. The number of carbonyl (C=O) groups is 1. The number of aromatic hydroxyl groups is 2. The lowest BCUT2D eigenvalue weighted by molar-refractivity contribution is -0.145. The highest BCUT2D eigenvalue weighted by Crippen LogP contribution is 2.28. The van der Waals surface area contributed by atoms with Gasteiger partial charge in [-0.05, 0) is 17.6 Å². The standard InChI is InChI=1S/C10H13NO5/c1-16-10(15)8(11)9(14)5-2-3-6(12)7(13)4-5/h2-4,8-9,12-14H,11H2,1H3/t8-,9+/m1/s1/i2D,3D,4D,8D,9D. The van der Waals surface area contributed by atoms with E-state index in [1.165, 1.54) is 0 Å². The smallest absolute Gasteiger partial charge is 0.325 e. The zero-order valence-electron chi connectivity index (χ0n) is 13.2. The maximum atomic E-state index is 11.4. The van der Waals surface area contributed by atoms with E-state index in [-0.39, 0.29) is 0 Å². The van der Waals surface area contributed by atoms with Crippen LogP contribution in [0.2, 0.25) is 0 Å². The molecule has 0 saturated carbocycles. The van der Waals surface area contributed by atoms with Crippen molar-refractivity contribution in [2.75, 3.05) is 7.11 Å². The van der Waals surface area contributed by atoms with Crippen LogP contribution in [0.3, 0.4) is 0 Å². The molecule has 0 fully saturated rings. The van der Waals surface area contributed by atoms with E-state index in [4.69, 9.17) is 12.6 Å². The van der Waals surface area contributed by atoms with Crippen molar-refractivity contribution in [2.24, 2.45) is 5.73 Å². The number of carbonyl (C=O) groups excluding carboxylic acids is 1. The molecule has 6 nitrogen and oxygen atoms in total. The van der Waals surface area contributed by atoms with Crippen molar-refractivity contribution >= 4 is 5.97 Å². The van der Waals surface area contributed by atoms with E-state index in [9.17, 15) is 20.1 Å². The molecule has 88 valence electrons. The molecule has 0 bridgehead atoms. The Balaban J connectivity index is 3.71. The van der Waals surface area contributed by atoms with Crippen LogP contribution in [-0.2, 0) is 9.53 Å². The molecule has 0 radical (unpaired) electrons. The lowest BCUT2D eigenvalue weighted by Gasteiger charge is -2.17. The zero-order valence-corrected chi connectivity index (χ0v) is 8.24. The number of ether oxygens (including phenoxy) is 1. The summed E-state index contributed by atoms with van der Waals surface area (Å²) in [5.41, 5.74) is 4.16. The van der Waals surface area contributed by atoms with Gasteiger partial charge >= 0.3 is 5.97 Å². The summed E-state index contributed by atoms with van der Waals surface area (Å²) in [6, 6.07) is -6.26. The van der Waals surface area contributed by atoms with Crippen LogP contribution in [-0.4, -0.2) is 34.4 Å². The van der Waals surface area contributed by atoms with E-state index in [2.05, 4.69) is 4.74 Å². The first kappa shape index (κ1) is 6.72. The molecule has 0 spiro atoms. The van der Waals surface area contributed by atoms with Gasteiger partial charge in [-0.2, -0.15) is 0 Å². The fourth-order valence-corrected chi connectivity index (χ4v) is 0.849. The van der Waals surface area contributed by atoms with Gasteiger partial charge in [0.1, 0.15) is 12.1 Å². The Morgan fingerprint density at radius 1 is 1.56 bits per heavy atom. The van der Waals surface area contributed by atoms with Gasteiger partial charge in [0.25, 0.3) is 0 Å². The van der Waals surface area contributed by atoms with Crippen molar-refractivity contribution in [1.29, 1.82) is 0 Å². The summed E-state index contributed by atoms with van der Waals surface area (Å²) in [5, 5.41) is 28.8. The molecule has 6 heteroatoms. The minimum atomic E-state index is -3.38. The van der Waals surface area contributed by atoms with E-state index in [1.807, 2.05) is 0 Å². The van der Waals surface area contributed by atoms with Gasteiger partial charge < -0.3 is 25.8 Å². The third-order valence-corrected chi connectivity index (χ3v) is 1.67. The summed E-state index contributed by atoms with van der Waals surface area (Å²) in [4.78, 5) is 11.4. The Hall–Kier alpha value is -1.79. The number of hydrogen-bond donors (Lipinski definition) is 4. The molecular formula is C10H13NO5. The molecule has 0 unspecified atom stereocenters. The third kappa shape index (κ3) is 2.41. The van der Waals surface area contributed by atoms with Gasteiger partial charge in [-0.1, -0.05) is 6.04 Å². The number of benzene rings is 1. The highest BCUT2D eigenvalue weighted by Gasteiger charge is 2.25. The molecule has 0 heterocycles. The molecule has 0 saturated heterocycles. The van der Waals surface area contributed by atoms with Gasteiger partial charge in [0.2, 0.25) is 0 Å². The first-order chi connectivity index (χ1) is 9.41. The number of esters is 1. The molecule has 16 heavy (non-hydrogen) atoms. The highest BCUT2D eigenvalue weighted by atomic mass is 16.5. The summed E-state index contributed by atoms with van der Waals surface area (Å²) in [5.74, 6) is -3.81. The maximum Gasteiger partial charge on any atom is 0.325 e. The van der Waals surface area contributed by atoms with Gasteiger partial charge in [-0.15, -0.1) is 0 Å². The third-order valence-electron chi connectivity index (χ3n) is 1.67. The Bertz CT molecular complexity index is 575. The van der Waals surface area contributed by atoms with Crippen LogP contribution in [0.5, 0.6) is 11.5 Å². The molecule has 5 N–H and O–H groups in total. The van der Waals surface area contributed by atoms with E-state index >= 15 is 0 Å². The van der Waals surface area contributed by atoms with Crippen molar-refractivity contribution < 1.29 is 31.7 Å².